The van der Waals surface area contributed by atoms with Crippen LogP contribution in [0, 0.1) is 11.3 Å². The third kappa shape index (κ3) is 4.08. The summed E-state index contributed by atoms with van der Waals surface area (Å²) in [4.78, 5) is 11.5. The average Bonchev–Trinajstić information content (AvgIpc) is 2.45. The monoisotopic (exact) mass is 326 g/mol. The van der Waals surface area contributed by atoms with E-state index in [0.717, 1.165) is 19.4 Å². The van der Waals surface area contributed by atoms with Gasteiger partial charge >= 0.3 is 0 Å². The Morgan fingerprint density at radius 3 is 2.86 bits per heavy atom. The summed E-state index contributed by atoms with van der Waals surface area (Å²) in [5.74, 6) is 0.133. The van der Waals surface area contributed by atoms with Crippen LogP contribution < -0.4 is 11.1 Å². The van der Waals surface area contributed by atoms with Crippen LogP contribution in [0.25, 0.3) is 0 Å². The fourth-order valence-corrected chi connectivity index (χ4v) is 3.07. The Balaban J connectivity index is 2.10. The largest absolute Gasteiger partial charge is 0.377 e. The molecule has 1 fully saturated rings. The molecule has 1 aromatic heterocycles. The Morgan fingerprint density at radius 2 is 2.23 bits per heavy atom. The van der Waals surface area contributed by atoms with E-state index in [0.29, 0.717) is 18.3 Å². The Bertz CT molecular complexity index is 545. The third-order valence-corrected chi connectivity index (χ3v) is 4.04. The first kappa shape index (κ1) is 17.0. The van der Waals surface area contributed by atoms with Crippen LogP contribution in [0.4, 0.5) is 5.82 Å². The van der Waals surface area contributed by atoms with Crippen molar-refractivity contribution in [1.29, 1.82) is 0 Å². The van der Waals surface area contributed by atoms with Crippen molar-refractivity contribution in [3.05, 3.63) is 16.8 Å². The number of carbonyl (C=O) groups excluding carboxylic acids is 1. The molecule has 0 aromatic carbocycles. The van der Waals surface area contributed by atoms with Crippen LogP contribution in [0.5, 0.6) is 0 Å². The molecule has 1 aromatic rings. The van der Waals surface area contributed by atoms with Crippen molar-refractivity contribution in [2.24, 2.45) is 17.1 Å². The first-order valence-electron chi connectivity index (χ1n) is 7.47. The number of halogens is 1. The van der Waals surface area contributed by atoms with Gasteiger partial charge in [-0.3, -0.25) is 4.79 Å². The molecule has 1 aliphatic heterocycles. The summed E-state index contributed by atoms with van der Waals surface area (Å²) in [6, 6.07) is 1.43. The van der Waals surface area contributed by atoms with Crippen molar-refractivity contribution >= 4 is 23.3 Å². The zero-order valence-corrected chi connectivity index (χ0v) is 14.0. The molecule has 2 rings (SSSR count). The number of primary amides is 1. The van der Waals surface area contributed by atoms with Gasteiger partial charge in [0, 0.05) is 19.1 Å². The second kappa shape index (κ2) is 6.79. The molecule has 122 valence electrons. The molecule has 0 spiro atoms. The summed E-state index contributed by atoms with van der Waals surface area (Å²) in [6.07, 6.45) is 2.27. The van der Waals surface area contributed by atoms with Crippen LogP contribution in [0.1, 0.15) is 44.0 Å². The lowest BCUT2D eigenvalue weighted by Crippen LogP contribution is -2.43. The number of anilines is 1. The molecule has 1 aliphatic rings. The molecule has 6 nitrogen and oxygen atoms in total. The van der Waals surface area contributed by atoms with E-state index in [2.05, 4.69) is 36.3 Å². The Morgan fingerprint density at radius 1 is 1.50 bits per heavy atom. The van der Waals surface area contributed by atoms with Gasteiger partial charge in [0.15, 0.2) is 11.0 Å². The molecule has 7 heteroatoms. The number of hydrogen-bond donors (Lipinski definition) is 2. The third-order valence-electron chi connectivity index (χ3n) is 3.86. The molecule has 22 heavy (non-hydrogen) atoms. The van der Waals surface area contributed by atoms with Gasteiger partial charge < -0.3 is 15.8 Å². The fourth-order valence-electron chi connectivity index (χ4n) is 2.92. The van der Waals surface area contributed by atoms with E-state index in [1.54, 1.807) is 0 Å². The van der Waals surface area contributed by atoms with E-state index in [1.165, 1.54) is 6.07 Å². The number of aromatic nitrogens is 2. The Hall–Kier alpha value is -1.40. The van der Waals surface area contributed by atoms with Crippen LogP contribution in [0.2, 0.25) is 5.15 Å². The van der Waals surface area contributed by atoms with Gasteiger partial charge in [0.1, 0.15) is 0 Å². The maximum atomic E-state index is 11.5. The fraction of sp³-hybridized carbons (Fsp3) is 0.667. The van der Waals surface area contributed by atoms with Gasteiger partial charge in [-0.1, -0.05) is 32.4 Å². The molecular weight excluding hydrogens is 304 g/mol. The molecule has 2 atom stereocenters. The standard InChI is InChI=1S/C15H23ClN4O2/c1-15(2,3)12-9(5-4-6-22-12)8-18-14-10(13(17)21)7-11(16)19-20-14/h7,9,12H,4-6,8H2,1-3H3,(H2,17,21)(H,18,20). The summed E-state index contributed by atoms with van der Waals surface area (Å²) in [5, 5.41) is 11.0. The minimum absolute atomic E-state index is 0.0605. The smallest absolute Gasteiger partial charge is 0.252 e. The van der Waals surface area contributed by atoms with Gasteiger partial charge in [-0.2, -0.15) is 0 Å². The number of ether oxygens (including phenoxy) is 1. The van der Waals surface area contributed by atoms with Gasteiger partial charge in [0.05, 0.1) is 11.7 Å². The lowest BCUT2D eigenvalue weighted by atomic mass is 9.78. The molecule has 2 unspecified atom stereocenters. The van der Waals surface area contributed by atoms with Gasteiger partial charge in [-0.25, -0.2) is 0 Å². The summed E-state index contributed by atoms with van der Waals surface area (Å²) in [7, 11) is 0. The van der Waals surface area contributed by atoms with E-state index in [4.69, 9.17) is 22.1 Å². The van der Waals surface area contributed by atoms with Crippen molar-refractivity contribution in [3.8, 4) is 0 Å². The van der Waals surface area contributed by atoms with E-state index in [1.807, 2.05) is 0 Å². The van der Waals surface area contributed by atoms with Crippen LogP contribution in [-0.4, -0.2) is 35.4 Å². The lowest BCUT2D eigenvalue weighted by Gasteiger charge is -2.40. The Labute approximate surface area is 135 Å². The molecule has 1 saturated heterocycles. The molecule has 0 saturated carbocycles. The topological polar surface area (TPSA) is 90.1 Å². The first-order valence-corrected chi connectivity index (χ1v) is 7.85. The molecule has 2 heterocycles. The predicted molar refractivity (Wildman–Crippen MR) is 86.0 cm³/mol. The molecule has 0 bridgehead atoms. The average molecular weight is 327 g/mol. The van der Waals surface area contributed by atoms with Crippen molar-refractivity contribution < 1.29 is 9.53 Å². The molecule has 0 radical (unpaired) electrons. The summed E-state index contributed by atoms with van der Waals surface area (Å²) < 4.78 is 5.95. The number of nitrogens with two attached hydrogens (primary N) is 1. The number of nitrogens with one attached hydrogen (secondary N) is 1. The van der Waals surface area contributed by atoms with E-state index >= 15 is 0 Å². The maximum Gasteiger partial charge on any atom is 0.252 e. The van der Waals surface area contributed by atoms with Gasteiger partial charge in [0.2, 0.25) is 0 Å². The number of carbonyl (C=O) groups is 1. The van der Waals surface area contributed by atoms with Crippen LogP contribution in [-0.2, 0) is 4.74 Å². The molecule has 0 aliphatic carbocycles. The molecular formula is C15H23ClN4O2. The van der Waals surface area contributed by atoms with Crippen LogP contribution >= 0.6 is 11.6 Å². The second-order valence-electron chi connectivity index (χ2n) is 6.73. The normalized spacial score (nSPS) is 22.4. The van der Waals surface area contributed by atoms with Crippen LogP contribution in [0.15, 0.2) is 6.07 Å². The minimum atomic E-state index is -0.577. The number of amides is 1. The highest BCUT2D eigenvalue weighted by molar-refractivity contribution is 6.29. The molecule has 1 amide bonds. The first-order chi connectivity index (χ1) is 10.3. The summed E-state index contributed by atoms with van der Waals surface area (Å²) in [6.45, 7) is 7.97. The van der Waals surface area contributed by atoms with Crippen molar-refractivity contribution in [2.75, 3.05) is 18.5 Å². The zero-order chi connectivity index (χ0) is 16.3. The van der Waals surface area contributed by atoms with Crippen molar-refractivity contribution in [1.82, 2.24) is 10.2 Å². The highest BCUT2D eigenvalue weighted by Gasteiger charge is 2.35. The Kier molecular flexibility index (Phi) is 5.24. The number of nitrogens with zero attached hydrogens (tertiary/aromatic N) is 2. The second-order valence-corrected chi connectivity index (χ2v) is 7.12. The van der Waals surface area contributed by atoms with Gasteiger partial charge in [0.25, 0.3) is 5.91 Å². The van der Waals surface area contributed by atoms with Gasteiger partial charge in [-0.15, -0.1) is 10.2 Å². The zero-order valence-electron chi connectivity index (χ0n) is 13.2. The highest BCUT2D eigenvalue weighted by atomic mass is 35.5. The number of rotatable bonds is 4. The van der Waals surface area contributed by atoms with Crippen LogP contribution in [0.3, 0.4) is 0 Å². The van der Waals surface area contributed by atoms with E-state index in [-0.39, 0.29) is 22.2 Å². The maximum absolute atomic E-state index is 11.5. The van der Waals surface area contributed by atoms with Gasteiger partial charge in [-0.05, 0) is 24.3 Å². The van der Waals surface area contributed by atoms with E-state index < -0.39 is 5.91 Å². The molecule has 3 N–H and O–H groups in total. The van der Waals surface area contributed by atoms with E-state index in [9.17, 15) is 4.79 Å². The van der Waals surface area contributed by atoms with Crippen molar-refractivity contribution in [2.45, 2.75) is 39.7 Å². The lowest BCUT2D eigenvalue weighted by molar-refractivity contribution is -0.0814. The number of hydrogen-bond acceptors (Lipinski definition) is 5. The minimum Gasteiger partial charge on any atom is -0.377 e. The quantitative estimate of drug-likeness (QED) is 0.887. The summed E-state index contributed by atoms with van der Waals surface area (Å²) in [5.41, 5.74) is 5.67. The summed E-state index contributed by atoms with van der Waals surface area (Å²) >= 11 is 5.76. The SMILES string of the molecule is CC(C)(C)C1OCCCC1CNc1nnc(Cl)cc1C(N)=O. The predicted octanol–water partition coefficient (Wildman–Crippen LogP) is 2.48. The van der Waals surface area contributed by atoms with Crippen molar-refractivity contribution in [3.63, 3.8) is 0 Å². The highest BCUT2D eigenvalue weighted by Crippen LogP contribution is 2.34.